The number of nitrogens with zero attached hydrogens (tertiary/aromatic N) is 1. The van der Waals surface area contributed by atoms with E-state index in [1.54, 1.807) is 24.3 Å². The van der Waals surface area contributed by atoms with Gasteiger partial charge in [-0.2, -0.15) is 16.1 Å². The largest absolute Gasteiger partial charge is 0.384 e. The van der Waals surface area contributed by atoms with Gasteiger partial charge < -0.3 is 5.11 Å². The summed E-state index contributed by atoms with van der Waals surface area (Å²) in [5, 5.41) is 9.36. The van der Waals surface area contributed by atoms with Gasteiger partial charge in [0.05, 0.1) is 4.90 Å². The highest BCUT2D eigenvalue weighted by molar-refractivity contribution is 8.00. The molecule has 0 amide bonds. The zero-order chi connectivity index (χ0) is 15.5. The molecule has 1 aliphatic heterocycles. The first-order valence-corrected chi connectivity index (χ1v) is 9.18. The topological polar surface area (TPSA) is 57.6 Å². The van der Waals surface area contributed by atoms with Gasteiger partial charge in [-0.3, -0.25) is 0 Å². The molecule has 2 atom stereocenters. The van der Waals surface area contributed by atoms with Crippen LogP contribution >= 0.6 is 11.8 Å². The van der Waals surface area contributed by atoms with Crippen molar-refractivity contribution in [3.63, 3.8) is 0 Å². The van der Waals surface area contributed by atoms with E-state index in [1.807, 2.05) is 25.6 Å². The molecule has 6 heteroatoms. The molecule has 4 nitrogen and oxygen atoms in total. The zero-order valence-corrected chi connectivity index (χ0v) is 13.7. The van der Waals surface area contributed by atoms with Crippen LogP contribution in [0.1, 0.15) is 19.4 Å². The molecule has 0 spiro atoms. The van der Waals surface area contributed by atoms with E-state index < -0.39 is 10.0 Å². The summed E-state index contributed by atoms with van der Waals surface area (Å²) in [6.45, 7) is 4.82. The van der Waals surface area contributed by atoms with Gasteiger partial charge in [0.1, 0.15) is 6.61 Å². The molecule has 1 N–H and O–H groups in total. The van der Waals surface area contributed by atoms with Crippen LogP contribution in [0.3, 0.4) is 0 Å². The van der Waals surface area contributed by atoms with Crippen molar-refractivity contribution in [3.8, 4) is 11.8 Å². The third-order valence-electron chi connectivity index (χ3n) is 3.19. The van der Waals surface area contributed by atoms with E-state index in [1.165, 1.54) is 4.31 Å². The molecule has 0 aromatic heterocycles. The monoisotopic (exact) mass is 325 g/mol. The van der Waals surface area contributed by atoms with Crippen LogP contribution in [0.2, 0.25) is 0 Å². The maximum Gasteiger partial charge on any atom is 0.244 e. The molecule has 0 aliphatic carbocycles. The highest BCUT2D eigenvalue weighted by Crippen LogP contribution is 2.29. The summed E-state index contributed by atoms with van der Waals surface area (Å²) in [7, 11) is -3.55. The molecule has 114 valence electrons. The van der Waals surface area contributed by atoms with Gasteiger partial charge in [-0.1, -0.05) is 37.8 Å². The summed E-state index contributed by atoms with van der Waals surface area (Å²) in [5.74, 6) is 5.24. The molecule has 0 radical (unpaired) electrons. The Morgan fingerprint density at radius 1 is 1.29 bits per heavy atom. The van der Waals surface area contributed by atoms with E-state index >= 15 is 0 Å². The number of thioether (sulfide) groups is 1. The van der Waals surface area contributed by atoms with Gasteiger partial charge in [0, 0.05) is 29.2 Å². The van der Waals surface area contributed by atoms with E-state index in [0.717, 1.165) is 0 Å². The zero-order valence-electron chi connectivity index (χ0n) is 12.1. The van der Waals surface area contributed by atoms with Crippen LogP contribution in [-0.2, 0) is 10.0 Å². The number of rotatable bonds is 2. The lowest BCUT2D eigenvalue weighted by Gasteiger charge is -2.33. The Labute approximate surface area is 130 Å². The molecule has 1 saturated heterocycles. The van der Waals surface area contributed by atoms with Crippen LogP contribution < -0.4 is 0 Å². The van der Waals surface area contributed by atoms with Gasteiger partial charge in [-0.15, -0.1) is 0 Å². The fraction of sp³-hybridized carbons (Fsp3) is 0.467. The van der Waals surface area contributed by atoms with Gasteiger partial charge in [0.25, 0.3) is 0 Å². The van der Waals surface area contributed by atoms with Crippen molar-refractivity contribution in [1.82, 2.24) is 4.31 Å². The van der Waals surface area contributed by atoms with Crippen molar-refractivity contribution in [3.05, 3.63) is 29.8 Å². The quantitative estimate of drug-likeness (QED) is 0.838. The van der Waals surface area contributed by atoms with E-state index in [-0.39, 0.29) is 22.0 Å². The van der Waals surface area contributed by atoms with E-state index in [9.17, 15) is 8.42 Å². The lowest BCUT2D eigenvalue weighted by Crippen LogP contribution is -2.44. The lowest BCUT2D eigenvalue weighted by atomic mass is 10.2. The summed E-state index contributed by atoms with van der Waals surface area (Å²) in [4.78, 5) is 0.220. The van der Waals surface area contributed by atoms with Crippen molar-refractivity contribution in [1.29, 1.82) is 0 Å². The first kappa shape index (κ1) is 16.4. The third kappa shape index (κ3) is 3.80. The Hall–Kier alpha value is -1.00. The maximum absolute atomic E-state index is 12.8. The average molecular weight is 325 g/mol. The third-order valence-corrected chi connectivity index (χ3v) is 6.31. The minimum absolute atomic E-state index is 0.220. The molecule has 1 aliphatic rings. The average Bonchev–Trinajstić information content (AvgIpc) is 2.44. The molecule has 2 unspecified atom stereocenters. The van der Waals surface area contributed by atoms with Crippen molar-refractivity contribution >= 4 is 21.8 Å². The molecule has 1 aromatic rings. The van der Waals surface area contributed by atoms with Crippen LogP contribution in [0.5, 0.6) is 0 Å². The highest BCUT2D eigenvalue weighted by Gasteiger charge is 2.33. The lowest BCUT2D eigenvalue weighted by molar-refractivity contribution is 0.350. The molecule has 2 rings (SSSR count). The van der Waals surface area contributed by atoms with Crippen molar-refractivity contribution in [2.45, 2.75) is 29.2 Å². The van der Waals surface area contributed by atoms with Gasteiger partial charge in [0.2, 0.25) is 10.0 Å². The van der Waals surface area contributed by atoms with E-state index in [2.05, 4.69) is 11.8 Å². The number of hydrogen-bond donors (Lipinski definition) is 1. The first-order chi connectivity index (χ1) is 9.95. The summed E-state index contributed by atoms with van der Waals surface area (Å²) < 4.78 is 27.2. The second kappa shape index (κ2) is 6.84. The standard InChI is InChI=1S/C15H19NO3S2/c1-12-10-16(11-13(2)20-12)21(18,19)15-8-4-3-6-14(15)7-5-9-17/h3-4,6,8,12-13,17H,9-11H2,1-2H3. The van der Waals surface area contributed by atoms with Gasteiger partial charge >= 0.3 is 0 Å². The number of hydrogen-bond acceptors (Lipinski definition) is 4. The second-order valence-corrected chi connectivity index (χ2v) is 8.82. The minimum atomic E-state index is -3.55. The Morgan fingerprint density at radius 3 is 2.52 bits per heavy atom. The fourth-order valence-electron chi connectivity index (χ4n) is 2.40. The summed E-state index contributed by atoms with van der Waals surface area (Å²) in [6.07, 6.45) is 0. The molecule has 1 fully saturated rings. The molecule has 21 heavy (non-hydrogen) atoms. The highest BCUT2D eigenvalue weighted by atomic mass is 32.2. The maximum atomic E-state index is 12.8. The number of aliphatic hydroxyl groups excluding tert-OH is 1. The van der Waals surface area contributed by atoms with Crippen LogP contribution in [0, 0.1) is 11.8 Å². The Kier molecular flexibility index (Phi) is 5.33. The molecular formula is C15H19NO3S2. The van der Waals surface area contributed by atoms with Crippen LogP contribution in [0.4, 0.5) is 0 Å². The Balaban J connectivity index is 2.40. The van der Waals surface area contributed by atoms with Crippen molar-refractivity contribution in [2.24, 2.45) is 0 Å². The number of benzene rings is 1. The normalized spacial score (nSPS) is 23.4. The molecule has 0 bridgehead atoms. The van der Waals surface area contributed by atoms with Crippen molar-refractivity contribution in [2.75, 3.05) is 19.7 Å². The summed E-state index contributed by atoms with van der Waals surface area (Å²) in [6, 6.07) is 6.69. The smallest absolute Gasteiger partial charge is 0.244 e. The SMILES string of the molecule is CC1CN(S(=O)(=O)c2ccccc2C#CCO)CC(C)S1. The van der Waals surface area contributed by atoms with Crippen LogP contribution in [0.15, 0.2) is 29.2 Å². The number of aliphatic hydroxyl groups is 1. The predicted octanol–water partition coefficient (Wildman–Crippen LogP) is 1.54. The molecular weight excluding hydrogens is 306 g/mol. The van der Waals surface area contributed by atoms with E-state index in [4.69, 9.17) is 5.11 Å². The van der Waals surface area contributed by atoms with Gasteiger partial charge in [-0.05, 0) is 12.1 Å². The van der Waals surface area contributed by atoms with Crippen molar-refractivity contribution < 1.29 is 13.5 Å². The fourth-order valence-corrected chi connectivity index (χ4v) is 5.67. The van der Waals surface area contributed by atoms with Gasteiger partial charge in [-0.25, -0.2) is 8.42 Å². The van der Waals surface area contributed by atoms with Gasteiger partial charge in [0.15, 0.2) is 0 Å². The molecule has 1 heterocycles. The predicted molar refractivity (Wildman–Crippen MR) is 85.7 cm³/mol. The van der Waals surface area contributed by atoms with Crippen LogP contribution in [0.25, 0.3) is 0 Å². The minimum Gasteiger partial charge on any atom is -0.384 e. The van der Waals surface area contributed by atoms with Crippen LogP contribution in [-0.4, -0.2) is 48.0 Å². The molecule has 1 aromatic carbocycles. The number of sulfonamides is 1. The first-order valence-electron chi connectivity index (χ1n) is 6.79. The second-order valence-electron chi connectivity index (χ2n) is 5.04. The summed E-state index contributed by atoms with van der Waals surface area (Å²) in [5.41, 5.74) is 0.435. The van der Waals surface area contributed by atoms with E-state index in [0.29, 0.717) is 18.7 Å². The Bertz CT molecular complexity index is 651. The summed E-state index contributed by atoms with van der Waals surface area (Å²) >= 11 is 1.81. The Morgan fingerprint density at radius 2 is 1.90 bits per heavy atom. The molecule has 0 saturated carbocycles.